The Morgan fingerprint density at radius 3 is 2.41 bits per heavy atom. The van der Waals surface area contributed by atoms with Crippen molar-refractivity contribution in [2.75, 3.05) is 29.9 Å². The first-order valence-electron chi connectivity index (χ1n) is 11.5. The van der Waals surface area contributed by atoms with Crippen LogP contribution in [-0.2, 0) is 9.84 Å². The first-order chi connectivity index (χ1) is 17.7. The predicted molar refractivity (Wildman–Crippen MR) is 146 cm³/mol. The molecule has 0 atom stereocenters. The van der Waals surface area contributed by atoms with E-state index in [9.17, 15) is 18.0 Å². The number of rotatable bonds is 4. The highest BCUT2D eigenvalue weighted by Gasteiger charge is 2.26. The number of halogens is 2. The fourth-order valence-corrected chi connectivity index (χ4v) is 5.92. The van der Waals surface area contributed by atoms with Gasteiger partial charge in [-0.1, -0.05) is 47.5 Å². The highest BCUT2D eigenvalue weighted by molar-refractivity contribution is 7.91. The van der Waals surface area contributed by atoms with Gasteiger partial charge >= 0.3 is 0 Å². The van der Waals surface area contributed by atoms with Gasteiger partial charge < -0.3 is 10.2 Å². The Bertz CT molecular complexity index is 1640. The van der Waals surface area contributed by atoms with Crippen LogP contribution in [0.25, 0.3) is 22.0 Å². The molecule has 2 heterocycles. The van der Waals surface area contributed by atoms with Gasteiger partial charge in [-0.25, -0.2) is 8.42 Å². The number of hydrogen-bond donors (Lipinski definition) is 1. The molecule has 37 heavy (non-hydrogen) atoms. The number of hydrogen-bond acceptors (Lipinski definition) is 5. The van der Waals surface area contributed by atoms with E-state index in [1.54, 1.807) is 24.4 Å². The number of fused-ring (bicyclic) bond motifs is 1. The molecule has 0 saturated carbocycles. The van der Waals surface area contributed by atoms with E-state index >= 15 is 0 Å². The smallest absolute Gasteiger partial charge is 0.257 e. The number of anilines is 1. The van der Waals surface area contributed by atoms with Crippen molar-refractivity contribution in [3.8, 4) is 11.3 Å². The van der Waals surface area contributed by atoms with Crippen LogP contribution in [0.1, 0.15) is 20.7 Å². The van der Waals surface area contributed by atoms with Gasteiger partial charge in [-0.05, 0) is 47.9 Å². The topological polar surface area (TPSA) is 96.4 Å². The fraction of sp³-hybridized carbons (Fsp3) is 0.148. The van der Waals surface area contributed by atoms with E-state index in [2.05, 4.69) is 10.3 Å². The molecule has 0 bridgehead atoms. The minimum Gasteiger partial charge on any atom is -0.337 e. The van der Waals surface area contributed by atoms with Crippen molar-refractivity contribution in [1.29, 1.82) is 0 Å². The monoisotopic (exact) mass is 553 g/mol. The van der Waals surface area contributed by atoms with Crippen LogP contribution in [0.3, 0.4) is 0 Å². The van der Waals surface area contributed by atoms with Crippen molar-refractivity contribution in [2.45, 2.75) is 0 Å². The molecule has 2 amide bonds. The summed E-state index contributed by atoms with van der Waals surface area (Å²) < 4.78 is 23.3. The standard InChI is InChI=1S/C27H21Cl2N3O4S/c28-23-8-6-19(16-22(23)25-20-4-2-1-3-17(20)9-10-30-25)31-26(33)21-7-5-18(15-24(21)29)27(34)32-11-13-37(35,36)14-12-32/h1-10,15-16H,11-14H2,(H,31,33). The number of carbonyl (C=O) groups excluding carboxylic acids is 2. The van der Waals surface area contributed by atoms with Gasteiger partial charge in [0.15, 0.2) is 9.84 Å². The normalized spacial score (nSPS) is 14.9. The summed E-state index contributed by atoms with van der Waals surface area (Å²) >= 11 is 12.9. The van der Waals surface area contributed by atoms with E-state index in [4.69, 9.17) is 23.2 Å². The Balaban J connectivity index is 1.36. The van der Waals surface area contributed by atoms with E-state index in [1.807, 2.05) is 30.3 Å². The molecule has 0 unspecified atom stereocenters. The summed E-state index contributed by atoms with van der Waals surface area (Å²) in [6.07, 6.45) is 1.71. The van der Waals surface area contributed by atoms with Gasteiger partial charge in [0, 0.05) is 41.5 Å². The Morgan fingerprint density at radius 2 is 1.65 bits per heavy atom. The minimum atomic E-state index is -3.11. The number of carbonyl (C=O) groups is 2. The molecule has 1 aliphatic heterocycles. The lowest BCUT2D eigenvalue weighted by atomic mass is 10.0. The zero-order chi connectivity index (χ0) is 26.2. The molecular formula is C27H21Cl2N3O4S. The van der Waals surface area contributed by atoms with Gasteiger partial charge in [0.25, 0.3) is 11.8 Å². The molecule has 3 aromatic carbocycles. The quantitative estimate of drug-likeness (QED) is 0.368. The van der Waals surface area contributed by atoms with E-state index in [0.29, 0.717) is 22.0 Å². The van der Waals surface area contributed by atoms with Gasteiger partial charge in [-0.2, -0.15) is 0 Å². The van der Waals surface area contributed by atoms with Crippen molar-refractivity contribution in [2.24, 2.45) is 0 Å². The second kappa shape index (κ2) is 10.1. The SMILES string of the molecule is O=C(Nc1ccc(Cl)c(-c2nccc3ccccc23)c1)c1ccc(C(=O)N2CCS(=O)(=O)CC2)cc1Cl. The first-order valence-corrected chi connectivity index (χ1v) is 14.0. The zero-order valence-electron chi connectivity index (χ0n) is 19.4. The van der Waals surface area contributed by atoms with E-state index in [1.165, 1.54) is 23.1 Å². The maximum absolute atomic E-state index is 13.0. The number of pyridine rings is 1. The Hall–Kier alpha value is -3.46. The third kappa shape index (κ3) is 5.32. The fourth-order valence-electron chi connectivity index (χ4n) is 4.25. The summed E-state index contributed by atoms with van der Waals surface area (Å²) in [5.74, 6) is -0.907. The van der Waals surface area contributed by atoms with Crippen LogP contribution in [0.4, 0.5) is 5.69 Å². The van der Waals surface area contributed by atoms with Crippen LogP contribution < -0.4 is 5.32 Å². The summed E-state index contributed by atoms with van der Waals surface area (Å²) in [6.45, 7) is 0.261. The second-order valence-corrected chi connectivity index (χ2v) is 11.8. The minimum absolute atomic E-state index is 0.0651. The number of amides is 2. The van der Waals surface area contributed by atoms with Crippen LogP contribution >= 0.6 is 23.2 Å². The van der Waals surface area contributed by atoms with Crippen molar-refractivity contribution >= 4 is 61.3 Å². The number of nitrogens with zero attached hydrogens (tertiary/aromatic N) is 2. The predicted octanol–water partition coefficient (Wildman–Crippen LogP) is 5.33. The molecule has 7 nitrogen and oxygen atoms in total. The molecule has 0 aliphatic carbocycles. The molecular weight excluding hydrogens is 533 g/mol. The van der Waals surface area contributed by atoms with Crippen molar-refractivity contribution < 1.29 is 18.0 Å². The van der Waals surface area contributed by atoms with E-state index in [-0.39, 0.29) is 46.7 Å². The van der Waals surface area contributed by atoms with Crippen molar-refractivity contribution in [3.05, 3.63) is 94.1 Å². The Labute approximate surface area is 223 Å². The highest BCUT2D eigenvalue weighted by Crippen LogP contribution is 2.34. The van der Waals surface area contributed by atoms with Crippen molar-refractivity contribution in [3.63, 3.8) is 0 Å². The molecule has 5 rings (SSSR count). The summed E-state index contributed by atoms with van der Waals surface area (Å²) in [5, 5.41) is 5.39. The van der Waals surface area contributed by atoms with Gasteiger partial charge in [-0.15, -0.1) is 0 Å². The largest absolute Gasteiger partial charge is 0.337 e. The summed E-state index contributed by atoms with van der Waals surface area (Å²) in [5.41, 5.74) is 2.36. The molecule has 188 valence electrons. The zero-order valence-corrected chi connectivity index (χ0v) is 21.8. The average Bonchev–Trinajstić information content (AvgIpc) is 2.89. The van der Waals surface area contributed by atoms with Gasteiger partial charge in [0.1, 0.15) is 0 Å². The molecule has 1 saturated heterocycles. The van der Waals surface area contributed by atoms with Crippen molar-refractivity contribution in [1.82, 2.24) is 9.88 Å². The summed E-state index contributed by atoms with van der Waals surface area (Å²) in [6, 6.07) is 19.3. The summed E-state index contributed by atoms with van der Waals surface area (Å²) in [4.78, 5) is 31.8. The highest BCUT2D eigenvalue weighted by atomic mass is 35.5. The lowest BCUT2D eigenvalue weighted by Gasteiger charge is -2.26. The first kappa shape index (κ1) is 25.2. The maximum atomic E-state index is 13.0. The number of sulfone groups is 1. The van der Waals surface area contributed by atoms with Gasteiger partial charge in [0.05, 0.1) is 32.8 Å². The molecule has 0 radical (unpaired) electrons. The molecule has 1 aliphatic rings. The average molecular weight is 554 g/mol. The van der Waals surface area contributed by atoms with E-state index < -0.39 is 15.7 Å². The Morgan fingerprint density at radius 1 is 0.892 bits per heavy atom. The Kier molecular flexibility index (Phi) is 6.90. The van der Waals surface area contributed by atoms with Crippen LogP contribution in [0.15, 0.2) is 72.9 Å². The second-order valence-electron chi connectivity index (χ2n) is 8.67. The summed E-state index contributed by atoms with van der Waals surface area (Å²) in [7, 11) is -3.11. The van der Waals surface area contributed by atoms with Crippen LogP contribution in [0.5, 0.6) is 0 Å². The molecule has 0 spiro atoms. The molecule has 1 aromatic heterocycles. The van der Waals surface area contributed by atoms with Crippen LogP contribution in [-0.4, -0.2) is 54.7 Å². The number of benzene rings is 3. The van der Waals surface area contributed by atoms with E-state index in [0.717, 1.165) is 10.8 Å². The number of nitrogens with one attached hydrogen (secondary N) is 1. The van der Waals surface area contributed by atoms with Crippen LogP contribution in [0.2, 0.25) is 10.0 Å². The lowest BCUT2D eigenvalue weighted by molar-refractivity contribution is 0.0769. The third-order valence-electron chi connectivity index (χ3n) is 6.25. The number of aromatic nitrogens is 1. The molecule has 1 N–H and O–H groups in total. The lowest BCUT2D eigenvalue weighted by Crippen LogP contribution is -2.43. The maximum Gasteiger partial charge on any atom is 0.257 e. The van der Waals surface area contributed by atoms with Crippen LogP contribution in [0, 0.1) is 0 Å². The van der Waals surface area contributed by atoms with Gasteiger partial charge in [0.2, 0.25) is 0 Å². The molecule has 10 heteroatoms. The third-order valence-corrected chi connectivity index (χ3v) is 8.50. The molecule has 1 fully saturated rings. The molecule has 4 aromatic rings. The van der Waals surface area contributed by atoms with Gasteiger partial charge in [-0.3, -0.25) is 14.6 Å².